The standard InChI is InChI=1S/C41H35N5O/c47-41(46(36-22-12-4-13-23-36)37-24-14-5-15-25-37)40(45(34-18-8-2-9-19-34)35-20-10-3-11-21-35)42-33-28-26-32(27-29-33)39-30-38(43-44-39)31-16-6-1-7-17-31/h1-29,38,40,42-43H,30H2. The van der Waals surface area contributed by atoms with E-state index in [1.54, 1.807) is 4.90 Å². The van der Waals surface area contributed by atoms with Crippen molar-refractivity contribution in [2.24, 2.45) is 5.10 Å². The minimum absolute atomic E-state index is 0.130. The van der Waals surface area contributed by atoms with Crippen LogP contribution in [0, 0.1) is 0 Å². The fourth-order valence-electron chi connectivity index (χ4n) is 5.96. The first-order valence-electron chi connectivity index (χ1n) is 15.8. The van der Waals surface area contributed by atoms with Crippen molar-refractivity contribution in [1.82, 2.24) is 5.43 Å². The molecule has 0 aromatic heterocycles. The Morgan fingerprint density at radius 3 is 1.53 bits per heavy atom. The maximum atomic E-state index is 15.1. The van der Waals surface area contributed by atoms with Gasteiger partial charge in [-0.15, -0.1) is 0 Å². The van der Waals surface area contributed by atoms with E-state index in [1.807, 2.05) is 140 Å². The molecule has 2 N–H and O–H groups in total. The first kappa shape index (κ1) is 29.6. The van der Waals surface area contributed by atoms with Gasteiger partial charge in [0.15, 0.2) is 6.17 Å². The average Bonchev–Trinajstić information content (AvgIpc) is 3.65. The molecule has 1 aliphatic heterocycles. The number of carbonyl (C=O) groups excluding carboxylic acids is 1. The number of hydrogen-bond donors (Lipinski definition) is 2. The number of hydrazone groups is 1. The van der Waals surface area contributed by atoms with Crippen LogP contribution in [0.25, 0.3) is 0 Å². The lowest BCUT2D eigenvalue weighted by Crippen LogP contribution is -2.50. The van der Waals surface area contributed by atoms with Crippen LogP contribution in [0.2, 0.25) is 0 Å². The summed E-state index contributed by atoms with van der Waals surface area (Å²) in [4.78, 5) is 18.9. The first-order chi connectivity index (χ1) is 23.2. The first-order valence-corrected chi connectivity index (χ1v) is 15.8. The molecule has 0 radical (unpaired) electrons. The molecule has 0 fully saturated rings. The number of amides is 1. The summed E-state index contributed by atoms with van der Waals surface area (Å²) in [6, 6.07) is 58.4. The molecular weight excluding hydrogens is 578 g/mol. The average molecular weight is 614 g/mol. The smallest absolute Gasteiger partial charge is 0.275 e. The Morgan fingerprint density at radius 1 is 0.596 bits per heavy atom. The number of para-hydroxylation sites is 4. The van der Waals surface area contributed by atoms with E-state index in [4.69, 9.17) is 0 Å². The summed E-state index contributed by atoms with van der Waals surface area (Å²) in [6.45, 7) is 0. The van der Waals surface area contributed by atoms with Crippen molar-refractivity contribution in [3.63, 3.8) is 0 Å². The Hall–Kier alpha value is -6.14. The molecule has 0 spiro atoms. The van der Waals surface area contributed by atoms with Crippen LogP contribution in [0.15, 0.2) is 181 Å². The van der Waals surface area contributed by atoms with Crippen LogP contribution in [0.5, 0.6) is 0 Å². The van der Waals surface area contributed by atoms with E-state index in [2.05, 4.69) is 57.1 Å². The van der Waals surface area contributed by atoms with Gasteiger partial charge in [0.05, 0.1) is 11.8 Å². The highest BCUT2D eigenvalue weighted by Gasteiger charge is 2.33. The maximum Gasteiger partial charge on any atom is 0.275 e. The van der Waals surface area contributed by atoms with Crippen LogP contribution < -0.4 is 20.5 Å². The summed E-state index contributed by atoms with van der Waals surface area (Å²) >= 11 is 0. The summed E-state index contributed by atoms with van der Waals surface area (Å²) in [5.74, 6) is -0.130. The zero-order valence-corrected chi connectivity index (χ0v) is 25.9. The fourth-order valence-corrected chi connectivity index (χ4v) is 5.96. The Balaban J connectivity index is 1.25. The predicted molar refractivity (Wildman–Crippen MR) is 192 cm³/mol. The van der Waals surface area contributed by atoms with E-state index >= 15 is 4.79 Å². The maximum absolute atomic E-state index is 15.1. The molecule has 0 saturated heterocycles. The molecule has 1 aliphatic rings. The SMILES string of the molecule is O=C(C(Nc1ccc(C2=NNC(c3ccccc3)C2)cc1)N(c1ccccc1)c1ccccc1)N(c1ccccc1)c1ccccc1. The Kier molecular flexibility index (Phi) is 8.73. The summed E-state index contributed by atoms with van der Waals surface area (Å²) in [5, 5.41) is 8.29. The molecule has 1 amide bonds. The third-order valence-corrected chi connectivity index (χ3v) is 8.29. The largest absolute Gasteiger partial charge is 0.357 e. The van der Waals surface area contributed by atoms with Gasteiger partial charge >= 0.3 is 0 Å². The molecule has 230 valence electrons. The minimum Gasteiger partial charge on any atom is -0.357 e. The summed E-state index contributed by atoms with van der Waals surface area (Å²) in [7, 11) is 0. The van der Waals surface area contributed by atoms with Gasteiger partial charge in [-0.1, -0.05) is 115 Å². The van der Waals surface area contributed by atoms with Crippen LogP contribution in [0.4, 0.5) is 28.4 Å². The molecule has 1 heterocycles. The second kappa shape index (κ2) is 13.9. The number of anilines is 5. The Morgan fingerprint density at radius 2 is 1.04 bits per heavy atom. The molecule has 7 rings (SSSR count). The lowest BCUT2D eigenvalue weighted by molar-refractivity contribution is -0.118. The molecule has 0 aliphatic carbocycles. The zero-order valence-electron chi connectivity index (χ0n) is 25.9. The van der Waals surface area contributed by atoms with Gasteiger partial charge in [-0.2, -0.15) is 5.10 Å². The molecule has 2 atom stereocenters. The Bertz CT molecular complexity index is 1840. The van der Waals surface area contributed by atoms with E-state index < -0.39 is 6.17 Å². The molecule has 6 aromatic carbocycles. The van der Waals surface area contributed by atoms with Crippen molar-refractivity contribution >= 4 is 40.1 Å². The van der Waals surface area contributed by atoms with Gasteiger partial charge in [-0.25, -0.2) is 0 Å². The third kappa shape index (κ3) is 6.63. The number of carbonyl (C=O) groups is 1. The highest BCUT2D eigenvalue weighted by molar-refractivity contribution is 6.07. The molecule has 6 aromatic rings. The normalized spacial score (nSPS) is 14.4. The van der Waals surface area contributed by atoms with Crippen molar-refractivity contribution in [1.29, 1.82) is 0 Å². The molecule has 0 bridgehead atoms. The van der Waals surface area contributed by atoms with Gasteiger partial charge in [0.25, 0.3) is 5.91 Å². The van der Waals surface area contributed by atoms with Crippen LogP contribution >= 0.6 is 0 Å². The van der Waals surface area contributed by atoms with Gasteiger partial charge in [0.1, 0.15) is 0 Å². The van der Waals surface area contributed by atoms with Gasteiger partial charge in [-0.3, -0.25) is 9.69 Å². The van der Waals surface area contributed by atoms with Crippen LogP contribution in [-0.4, -0.2) is 17.8 Å². The Labute approximate surface area is 275 Å². The van der Waals surface area contributed by atoms with Gasteiger partial charge in [-0.05, 0) is 71.8 Å². The molecule has 6 heteroatoms. The van der Waals surface area contributed by atoms with Crippen LogP contribution in [0.1, 0.15) is 23.6 Å². The van der Waals surface area contributed by atoms with E-state index in [9.17, 15) is 0 Å². The van der Waals surface area contributed by atoms with Gasteiger partial charge in [0.2, 0.25) is 0 Å². The van der Waals surface area contributed by atoms with Gasteiger partial charge < -0.3 is 15.6 Å². The number of hydrogen-bond acceptors (Lipinski definition) is 5. The van der Waals surface area contributed by atoms with Crippen molar-refractivity contribution < 1.29 is 4.79 Å². The van der Waals surface area contributed by atoms with Crippen LogP contribution in [0.3, 0.4) is 0 Å². The number of rotatable bonds is 10. The third-order valence-electron chi connectivity index (χ3n) is 8.29. The minimum atomic E-state index is -0.806. The summed E-state index contributed by atoms with van der Waals surface area (Å²) in [5.41, 5.74) is 10.7. The predicted octanol–water partition coefficient (Wildman–Crippen LogP) is 9.07. The number of nitrogens with zero attached hydrogens (tertiary/aromatic N) is 3. The quantitative estimate of drug-likeness (QED) is 0.151. The fraction of sp³-hybridized carbons (Fsp3) is 0.0732. The molecular formula is C41H35N5O. The summed E-state index contributed by atoms with van der Waals surface area (Å²) in [6.07, 6.45) is -0.00409. The summed E-state index contributed by atoms with van der Waals surface area (Å²) < 4.78 is 0. The molecule has 2 unspecified atom stereocenters. The monoisotopic (exact) mass is 613 g/mol. The van der Waals surface area contributed by atoms with Gasteiger partial charge in [0, 0.05) is 34.9 Å². The van der Waals surface area contributed by atoms with E-state index in [1.165, 1.54) is 5.56 Å². The van der Waals surface area contributed by atoms with E-state index in [0.717, 1.165) is 46.1 Å². The van der Waals surface area contributed by atoms with Crippen molar-refractivity contribution in [3.8, 4) is 0 Å². The zero-order chi connectivity index (χ0) is 31.8. The van der Waals surface area contributed by atoms with Crippen LogP contribution in [-0.2, 0) is 4.79 Å². The second-order valence-electron chi connectivity index (χ2n) is 11.4. The van der Waals surface area contributed by atoms with Crippen molar-refractivity contribution in [2.45, 2.75) is 18.6 Å². The number of nitrogens with one attached hydrogen (secondary N) is 2. The molecule has 6 nitrogen and oxygen atoms in total. The second-order valence-corrected chi connectivity index (χ2v) is 11.4. The lowest BCUT2D eigenvalue weighted by Gasteiger charge is -2.37. The van der Waals surface area contributed by atoms with Crippen molar-refractivity contribution in [2.75, 3.05) is 15.1 Å². The lowest BCUT2D eigenvalue weighted by atomic mass is 9.99. The highest BCUT2D eigenvalue weighted by atomic mass is 16.2. The molecule has 0 saturated carbocycles. The number of benzene rings is 6. The highest BCUT2D eigenvalue weighted by Crippen LogP contribution is 2.33. The van der Waals surface area contributed by atoms with Crippen molar-refractivity contribution in [3.05, 3.63) is 187 Å². The molecule has 47 heavy (non-hydrogen) atoms. The van der Waals surface area contributed by atoms with E-state index in [-0.39, 0.29) is 11.9 Å². The topological polar surface area (TPSA) is 60.0 Å². The van der Waals surface area contributed by atoms with E-state index in [0.29, 0.717) is 0 Å².